The van der Waals surface area contributed by atoms with Crippen molar-refractivity contribution in [3.05, 3.63) is 0 Å². The lowest BCUT2D eigenvalue weighted by Crippen LogP contribution is -2.57. The van der Waals surface area contributed by atoms with E-state index in [9.17, 15) is 19.5 Å². The normalized spacial score (nSPS) is 32.1. The first-order chi connectivity index (χ1) is 9.72. The van der Waals surface area contributed by atoms with Crippen LogP contribution in [0.15, 0.2) is 0 Å². The lowest BCUT2D eigenvalue weighted by atomic mass is 9.92. The van der Waals surface area contributed by atoms with Gasteiger partial charge in [0.15, 0.2) is 12.4 Å². The zero-order valence-corrected chi connectivity index (χ0v) is 12.4. The third kappa shape index (κ3) is 4.98. The van der Waals surface area contributed by atoms with Gasteiger partial charge in [-0.05, 0) is 0 Å². The van der Waals surface area contributed by atoms with Crippen molar-refractivity contribution in [1.82, 2.24) is 0 Å². The zero-order chi connectivity index (χ0) is 16.2. The number of ether oxygens (including phenoxy) is 4. The van der Waals surface area contributed by atoms with Crippen molar-refractivity contribution in [2.45, 2.75) is 52.3 Å². The Labute approximate surface area is 122 Å². The maximum absolute atomic E-state index is 11.2. The number of esters is 3. The molecule has 5 atom stereocenters. The standard InChI is InChI=1S/C13H20O8/c1-6-11(19-8(3)15)12(20-9(4)16)10(21-13(6)17)5-18-7(2)14/h6,10-13,17H,5H2,1-4H3/t6-,10-,11-,12+,13-/m1/s1. The number of hydrogen-bond acceptors (Lipinski definition) is 8. The highest BCUT2D eigenvalue weighted by molar-refractivity contribution is 5.67. The van der Waals surface area contributed by atoms with Crippen molar-refractivity contribution in [1.29, 1.82) is 0 Å². The molecular formula is C13H20O8. The molecule has 0 aromatic carbocycles. The molecule has 0 radical (unpaired) electrons. The lowest BCUT2D eigenvalue weighted by molar-refractivity contribution is -0.275. The molecule has 0 aromatic heterocycles. The van der Waals surface area contributed by atoms with Gasteiger partial charge in [0.2, 0.25) is 0 Å². The molecule has 8 heteroatoms. The smallest absolute Gasteiger partial charge is 0.303 e. The summed E-state index contributed by atoms with van der Waals surface area (Å²) < 4.78 is 20.4. The Balaban J connectivity index is 2.94. The molecule has 1 N–H and O–H groups in total. The lowest BCUT2D eigenvalue weighted by Gasteiger charge is -2.42. The van der Waals surface area contributed by atoms with Gasteiger partial charge in [0, 0.05) is 26.7 Å². The van der Waals surface area contributed by atoms with Gasteiger partial charge in [0.25, 0.3) is 0 Å². The van der Waals surface area contributed by atoms with Gasteiger partial charge in [0.05, 0.1) is 0 Å². The largest absolute Gasteiger partial charge is 0.463 e. The highest BCUT2D eigenvalue weighted by Crippen LogP contribution is 2.29. The minimum atomic E-state index is -1.23. The van der Waals surface area contributed by atoms with Gasteiger partial charge in [-0.3, -0.25) is 14.4 Å². The van der Waals surface area contributed by atoms with Crippen LogP contribution in [0.5, 0.6) is 0 Å². The van der Waals surface area contributed by atoms with Gasteiger partial charge >= 0.3 is 17.9 Å². The molecule has 0 bridgehead atoms. The van der Waals surface area contributed by atoms with E-state index in [1.54, 1.807) is 6.92 Å². The number of aliphatic hydroxyl groups excluding tert-OH is 1. The van der Waals surface area contributed by atoms with Crippen molar-refractivity contribution < 1.29 is 38.4 Å². The average molecular weight is 304 g/mol. The van der Waals surface area contributed by atoms with Crippen LogP contribution >= 0.6 is 0 Å². The number of rotatable bonds is 4. The van der Waals surface area contributed by atoms with Crippen LogP contribution in [0.2, 0.25) is 0 Å². The fourth-order valence-electron chi connectivity index (χ4n) is 2.09. The van der Waals surface area contributed by atoms with Crippen LogP contribution in [0, 0.1) is 5.92 Å². The highest BCUT2D eigenvalue weighted by Gasteiger charge is 2.47. The Bertz CT molecular complexity index is 407. The second-order valence-electron chi connectivity index (χ2n) is 4.87. The SMILES string of the molecule is CC(=O)OC[C@H]1O[C@@H](O)[C@H](C)[C@@H](OC(C)=O)[C@H]1OC(C)=O. The predicted molar refractivity (Wildman–Crippen MR) is 67.8 cm³/mol. The minimum Gasteiger partial charge on any atom is -0.463 e. The van der Waals surface area contributed by atoms with Crippen molar-refractivity contribution in [3.8, 4) is 0 Å². The van der Waals surface area contributed by atoms with Crippen LogP contribution in [-0.4, -0.2) is 54.2 Å². The summed E-state index contributed by atoms with van der Waals surface area (Å²) >= 11 is 0. The third-order valence-corrected chi connectivity index (χ3v) is 3.03. The van der Waals surface area contributed by atoms with Gasteiger partial charge in [-0.15, -0.1) is 0 Å². The average Bonchev–Trinajstić information content (AvgIpc) is 2.35. The van der Waals surface area contributed by atoms with E-state index in [-0.39, 0.29) is 6.61 Å². The van der Waals surface area contributed by atoms with E-state index in [0.717, 1.165) is 0 Å². The van der Waals surface area contributed by atoms with Gasteiger partial charge in [-0.1, -0.05) is 6.92 Å². The molecule has 1 saturated heterocycles. The fraction of sp³-hybridized carbons (Fsp3) is 0.769. The van der Waals surface area contributed by atoms with Gasteiger partial charge in [0.1, 0.15) is 18.8 Å². The molecule has 1 heterocycles. The summed E-state index contributed by atoms with van der Waals surface area (Å²) in [4.78, 5) is 33.3. The number of carbonyl (C=O) groups is 3. The molecule has 1 aliphatic rings. The highest BCUT2D eigenvalue weighted by atomic mass is 16.7. The van der Waals surface area contributed by atoms with E-state index in [4.69, 9.17) is 18.9 Å². The van der Waals surface area contributed by atoms with E-state index in [0.29, 0.717) is 0 Å². The van der Waals surface area contributed by atoms with Crippen LogP contribution < -0.4 is 0 Å². The summed E-state index contributed by atoms with van der Waals surface area (Å²) in [6.07, 6.45) is -4.02. The molecule has 120 valence electrons. The van der Waals surface area contributed by atoms with Crippen LogP contribution in [0.3, 0.4) is 0 Å². The van der Waals surface area contributed by atoms with Crippen LogP contribution in [0.25, 0.3) is 0 Å². The Kier molecular flexibility index (Phi) is 6.10. The summed E-state index contributed by atoms with van der Waals surface area (Å²) in [6.45, 7) is 4.99. The summed E-state index contributed by atoms with van der Waals surface area (Å²) in [5.74, 6) is -2.33. The predicted octanol–water partition coefficient (Wildman–Crippen LogP) is -0.234. The van der Waals surface area contributed by atoms with Crippen LogP contribution in [0.1, 0.15) is 27.7 Å². The molecule has 1 fully saturated rings. The Morgan fingerprint density at radius 2 is 1.52 bits per heavy atom. The van der Waals surface area contributed by atoms with E-state index in [1.807, 2.05) is 0 Å². The molecule has 0 spiro atoms. The third-order valence-electron chi connectivity index (χ3n) is 3.03. The second-order valence-corrected chi connectivity index (χ2v) is 4.87. The number of hydrogen-bond donors (Lipinski definition) is 1. The van der Waals surface area contributed by atoms with E-state index in [2.05, 4.69) is 0 Å². The van der Waals surface area contributed by atoms with Gasteiger partial charge in [-0.25, -0.2) is 0 Å². The Morgan fingerprint density at radius 3 is 2.00 bits per heavy atom. The van der Waals surface area contributed by atoms with E-state index in [1.165, 1.54) is 20.8 Å². The molecule has 0 aromatic rings. The van der Waals surface area contributed by atoms with Crippen LogP contribution in [-0.2, 0) is 33.3 Å². The Hall–Kier alpha value is -1.67. The first-order valence-electron chi connectivity index (χ1n) is 6.53. The van der Waals surface area contributed by atoms with E-state index < -0.39 is 48.4 Å². The molecule has 1 aliphatic heterocycles. The molecule has 0 amide bonds. The monoisotopic (exact) mass is 304 g/mol. The molecule has 0 aliphatic carbocycles. The van der Waals surface area contributed by atoms with Crippen molar-refractivity contribution in [2.24, 2.45) is 5.92 Å². The fourth-order valence-corrected chi connectivity index (χ4v) is 2.09. The summed E-state index contributed by atoms with van der Waals surface area (Å²) in [5, 5.41) is 9.85. The molecule has 8 nitrogen and oxygen atoms in total. The quantitative estimate of drug-likeness (QED) is 0.560. The summed E-state index contributed by atoms with van der Waals surface area (Å²) in [5.41, 5.74) is 0. The first kappa shape index (κ1) is 17.4. The van der Waals surface area contributed by atoms with Gasteiger partial charge in [-0.2, -0.15) is 0 Å². The van der Waals surface area contributed by atoms with Crippen LogP contribution in [0.4, 0.5) is 0 Å². The van der Waals surface area contributed by atoms with Crippen molar-refractivity contribution in [3.63, 3.8) is 0 Å². The molecule has 0 saturated carbocycles. The molecular weight excluding hydrogens is 284 g/mol. The maximum Gasteiger partial charge on any atom is 0.303 e. The van der Waals surface area contributed by atoms with Crippen molar-refractivity contribution >= 4 is 17.9 Å². The summed E-state index contributed by atoms with van der Waals surface area (Å²) in [7, 11) is 0. The maximum atomic E-state index is 11.2. The minimum absolute atomic E-state index is 0.227. The molecule has 1 rings (SSSR count). The topological polar surface area (TPSA) is 108 Å². The number of carbonyl (C=O) groups excluding carboxylic acids is 3. The van der Waals surface area contributed by atoms with Gasteiger partial charge < -0.3 is 24.1 Å². The number of aliphatic hydroxyl groups is 1. The molecule has 21 heavy (non-hydrogen) atoms. The van der Waals surface area contributed by atoms with Crippen molar-refractivity contribution in [2.75, 3.05) is 6.61 Å². The van der Waals surface area contributed by atoms with E-state index >= 15 is 0 Å². The molecule has 0 unspecified atom stereocenters. The zero-order valence-electron chi connectivity index (χ0n) is 12.4. The first-order valence-corrected chi connectivity index (χ1v) is 6.53. The Morgan fingerprint density at radius 1 is 1.00 bits per heavy atom. The summed E-state index contributed by atoms with van der Waals surface area (Å²) in [6, 6.07) is 0. The second kappa shape index (κ2) is 7.37.